The summed E-state index contributed by atoms with van der Waals surface area (Å²) in [6.45, 7) is 1.24. The SMILES string of the molecule is O=C(O)C1CCCN(c2ncnc3cccc(-c4ccc(Cl)c5ccccc45)c23)C1. The van der Waals surface area contributed by atoms with Crippen LogP contribution in [0.25, 0.3) is 32.8 Å². The molecule has 2 heterocycles. The van der Waals surface area contributed by atoms with E-state index in [1.54, 1.807) is 6.33 Å². The fourth-order valence-electron chi connectivity index (χ4n) is 4.43. The topological polar surface area (TPSA) is 66.3 Å². The van der Waals surface area contributed by atoms with Gasteiger partial charge in [-0.3, -0.25) is 4.79 Å². The van der Waals surface area contributed by atoms with E-state index in [-0.39, 0.29) is 5.92 Å². The van der Waals surface area contributed by atoms with Gasteiger partial charge < -0.3 is 10.0 Å². The number of carboxylic acid groups (broad SMARTS) is 1. The highest BCUT2D eigenvalue weighted by molar-refractivity contribution is 6.36. The second-order valence-corrected chi connectivity index (χ2v) is 8.07. The van der Waals surface area contributed by atoms with Crippen LogP contribution >= 0.6 is 11.6 Å². The molecule has 1 unspecified atom stereocenters. The van der Waals surface area contributed by atoms with Gasteiger partial charge in [-0.15, -0.1) is 0 Å². The monoisotopic (exact) mass is 417 g/mol. The van der Waals surface area contributed by atoms with Crippen molar-refractivity contribution in [1.82, 2.24) is 9.97 Å². The Bertz CT molecular complexity index is 1270. The van der Waals surface area contributed by atoms with Crippen LogP contribution in [0.3, 0.4) is 0 Å². The van der Waals surface area contributed by atoms with E-state index in [4.69, 9.17) is 11.6 Å². The zero-order valence-electron chi connectivity index (χ0n) is 16.3. The fourth-order valence-corrected chi connectivity index (χ4v) is 4.65. The van der Waals surface area contributed by atoms with Gasteiger partial charge in [-0.2, -0.15) is 0 Å². The van der Waals surface area contributed by atoms with E-state index in [2.05, 4.69) is 27.0 Å². The second-order valence-electron chi connectivity index (χ2n) is 7.66. The summed E-state index contributed by atoms with van der Waals surface area (Å²) < 4.78 is 0. The Morgan fingerprint density at radius 2 is 1.83 bits per heavy atom. The van der Waals surface area contributed by atoms with Gasteiger partial charge in [0.25, 0.3) is 0 Å². The number of rotatable bonds is 3. The number of piperidine rings is 1. The Balaban J connectivity index is 1.74. The van der Waals surface area contributed by atoms with Gasteiger partial charge >= 0.3 is 5.97 Å². The molecule has 1 fully saturated rings. The Kier molecular flexibility index (Phi) is 4.75. The van der Waals surface area contributed by atoms with Crippen LogP contribution in [-0.4, -0.2) is 34.1 Å². The number of aromatic nitrogens is 2. The first kappa shape index (κ1) is 18.8. The van der Waals surface area contributed by atoms with Gasteiger partial charge in [-0.1, -0.05) is 54.1 Å². The minimum Gasteiger partial charge on any atom is -0.481 e. The third-order valence-electron chi connectivity index (χ3n) is 5.87. The van der Waals surface area contributed by atoms with Gasteiger partial charge in [0.2, 0.25) is 0 Å². The Morgan fingerprint density at radius 3 is 2.67 bits per heavy atom. The van der Waals surface area contributed by atoms with Crippen LogP contribution in [0.1, 0.15) is 12.8 Å². The average Bonchev–Trinajstić information content (AvgIpc) is 2.79. The molecule has 5 rings (SSSR count). The van der Waals surface area contributed by atoms with Crippen LogP contribution < -0.4 is 4.90 Å². The molecule has 1 atom stereocenters. The minimum atomic E-state index is -0.748. The highest BCUT2D eigenvalue weighted by Gasteiger charge is 2.28. The molecule has 1 aromatic heterocycles. The van der Waals surface area contributed by atoms with Crippen LogP contribution in [0.4, 0.5) is 5.82 Å². The van der Waals surface area contributed by atoms with Crippen LogP contribution in [0.2, 0.25) is 5.02 Å². The molecule has 0 saturated carbocycles. The Morgan fingerprint density at radius 1 is 1.00 bits per heavy atom. The lowest BCUT2D eigenvalue weighted by atomic mass is 9.94. The number of nitrogens with zero attached hydrogens (tertiary/aromatic N) is 3. The Labute approximate surface area is 178 Å². The molecule has 1 N–H and O–H groups in total. The third-order valence-corrected chi connectivity index (χ3v) is 6.20. The van der Waals surface area contributed by atoms with Gasteiger partial charge in [0.05, 0.1) is 16.8 Å². The van der Waals surface area contributed by atoms with Crippen molar-refractivity contribution in [2.24, 2.45) is 5.92 Å². The third kappa shape index (κ3) is 3.15. The smallest absolute Gasteiger partial charge is 0.308 e. The van der Waals surface area contributed by atoms with Crippen LogP contribution in [0, 0.1) is 5.92 Å². The summed E-state index contributed by atoms with van der Waals surface area (Å²) in [4.78, 5) is 22.8. The number of benzene rings is 3. The normalized spacial score (nSPS) is 16.8. The van der Waals surface area contributed by atoms with Crippen molar-refractivity contribution in [3.05, 3.63) is 65.9 Å². The van der Waals surface area contributed by atoms with Crippen LogP contribution in [0.15, 0.2) is 60.9 Å². The standard InChI is InChI=1S/C24H20ClN3O2/c25-20-11-10-17(16-6-1-2-7-18(16)20)19-8-3-9-21-22(19)23(27-14-26-21)28-12-4-5-15(13-28)24(29)30/h1-3,6-11,14-15H,4-5,12-13H2,(H,29,30). The highest BCUT2D eigenvalue weighted by atomic mass is 35.5. The highest BCUT2D eigenvalue weighted by Crippen LogP contribution is 2.39. The number of hydrogen-bond acceptors (Lipinski definition) is 4. The van der Waals surface area contributed by atoms with E-state index < -0.39 is 5.97 Å². The molecule has 1 saturated heterocycles. The molecular formula is C24H20ClN3O2. The maximum Gasteiger partial charge on any atom is 0.308 e. The van der Waals surface area contributed by atoms with Crippen molar-refractivity contribution in [1.29, 1.82) is 0 Å². The molecule has 0 radical (unpaired) electrons. The summed E-state index contributed by atoms with van der Waals surface area (Å²) in [5, 5.41) is 13.2. The predicted molar refractivity (Wildman–Crippen MR) is 120 cm³/mol. The molecule has 3 aromatic carbocycles. The lowest BCUT2D eigenvalue weighted by Gasteiger charge is -2.32. The van der Waals surface area contributed by atoms with Crippen molar-refractivity contribution in [2.45, 2.75) is 12.8 Å². The van der Waals surface area contributed by atoms with E-state index in [0.717, 1.165) is 51.6 Å². The van der Waals surface area contributed by atoms with Crippen molar-refractivity contribution >= 4 is 45.1 Å². The molecule has 4 aromatic rings. The molecule has 6 heteroatoms. The second kappa shape index (κ2) is 7.58. The predicted octanol–water partition coefficient (Wildman–Crippen LogP) is 5.40. The summed E-state index contributed by atoms with van der Waals surface area (Å²) in [6.07, 6.45) is 3.09. The molecule has 0 amide bonds. The number of carboxylic acids is 1. The van der Waals surface area contributed by atoms with E-state index in [1.807, 2.05) is 42.5 Å². The fraction of sp³-hybridized carbons (Fsp3) is 0.208. The summed E-state index contributed by atoms with van der Waals surface area (Å²) in [5.41, 5.74) is 2.92. The van der Waals surface area contributed by atoms with E-state index in [1.165, 1.54) is 0 Å². The Hall–Kier alpha value is -3.18. The zero-order valence-corrected chi connectivity index (χ0v) is 17.0. The number of aliphatic carboxylic acids is 1. The zero-order chi connectivity index (χ0) is 20.7. The maximum atomic E-state index is 11.6. The van der Waals surface area contributed by atoms with Crippen molar-refractivity contribution < 1.29 is 9.90 Å². The number of fused-ring (bicyclic) bond motifs is 2. The van der Waals surface area contributed by atoms with Crippen LogP contribution in [-0.2, 0) is 4.79 Å². The van der Waals surface area contributed by atoms with Crippen molar-refractivity contribution in [3.63, 3.8) is 0 Å². The van der Waals surface area contributed by atoms with Gasteiger partial charge in [-0.05, 0) is 41.5 Å². The van der Waals surface area contributed by atoms with Gasteiger partial charge in [0.1, 0.15) is 12.1 Å². The van der Waals surface area contributed by atoms with Crippen LogP contribution in [0.5, 0.6) is 0 Å². The minimum absolute atomic E-state index is 0.382. The van der Waals surface area contributed by atoms with E-state index in [9.17, 15) is 9.90 Å². The van der Waals surface area contributed by atoms with Gasteiger partial charge in [-0.25, -0.2) is 9.97 Å². The first-order valence-corrected chi connectivity index (χ1v) is 10.4. The molecule has 0 spiro atoms. The molecule has 0 aliphatic carbocycles. The average molecular weight is 418 g/mol. The molecule has 5 nitrogen and oxygen atoms in total. The van der Waals surface area contributed by atoms with E-state index in [0.29, 0.717) is 18.0 Å². The summed E-state index contributed by atoms with van der Waals surface area (Å²) in [7, 11) is 0. The maximum absolute atomic E-state index is 11.6. The summed E-state index contributed by atoms with van der Waals surface area (Å²) in [6, 6.07) is 18.1. The first-order valence-electron chi connectivity index (χ1n) is 10.0. The lowest BCUT2D eigenvalue weighted by molar-refractivity contribution is -0.141. The van der Waals surface area contributed by atoms with Crippen molar-refractivity contribution in [3.8, 4) is 11.1 Å². The molecular weight excluding hydrogens is 398 g/mol. The van der Waals surface area contributed by atoms with E-state index >= 15 is 0 Å². The quantitative estimate of drug-likeness (QED) is 0.483. The molecule has 1 aliphatic heterocycles. The molecule has 0 bridgehead atoms. The summed E-state index contributed by atoms with van der Waals surface area (Å²) >= 11 is 6.44. The number of hydrogen-bond donors (Lipinski definition) is 1. The summed E-state index contributed by atoms with van der Waals surface area (Å²) in [5.74, 6) is -0.338. The number of halogens is 1. The molecule has 150 valence electrons. The van der Waals surface area contributed by atoms with Gasteiger partial charge in [0, 0.05) is 23.5 Å². The van der Waals surface area contributed by atoms with Crippen molar-refractivity contribution in [2.75, 3.05) is 18.0 Å². The largest absolute Gasteiger partial charge is 0.481 e. The lowest BCUT2D eigenvalue weighted by Crippen LogP contribution is -2.39. The number of carbonyl (C=O) groups is 1. The van der Waals surface area contributed by atoms with Gasteiger partial charge in [0.15, 0.2) is 0 Å². The molecule has 30 heavy (non-hydrogen) atoms. The first-order chi connectivity index (χ1) is 14.6. The number of anilines is 1. The molecule has 1 aliphatic rings.